The Morgan fingerprint density at radius 3 is 2.54 bits per heavy atom. The zero-order valence-corrected chi connectivity index (χ0v) is 22.0. The number of benzene rings is 2. The molecule has 0 aliphatic carbocycles. The van der Waals surface area contributed by atoms with E-state index < -0.39 is 15.8 Å². The molecule has 0 saturated carbocycles. The van der Waals surface area contributed by atoms with Crippen molar-refractivity contribution < 1.29 is 12.8 Å². The number of hydrogen-bond donors (Lipinski definition) is 1. The highest BCUT2D eigenvalue weighted by atomic mass is 32.2. The minimum atomic E-state index is -3.50. The molecule has 0 unspecified atom stereocenters. The van der Waals surface area contributed by atoms with Gasteiger partial charge in [-0.2, -0.15) is 4.98 Å². The second-order valence-electron chi connectivity index (χ2n) is 9.74. The maximum atomic E-state index is 14.1. The Hall–Kier alpha value is -3.50. The van der Waals surface area contributed by atoms with Gasteiger partial charge < -0.3 is 14.8 Å². The third kappa shape index (κ3) is 5.60. The molecule has 0 bridgehead atoms. The van der Waals surface area contributed by atoms with Gasteiger partial charge in [-0.3, -0.25) is 4.31 Å². The minimum Gasteiger partial charge on any atom is -0.328 e. The predicted octanol–water partition coefficient (Wildman–Crippen LogP) is 4.57. The van der Waals surface area contributed by atoms with E-state index in [2.05, 4.69) is 46.5 Å². The van der Waals surface area contributed by atoms with Crippen molar-refractivity contribution in [1.82, 2.24) is 19.4 Å². The summed E-state index contributed by atoms with van der Waals surface area (Å²) in [4.78, 5) is 11.5. The Labute approximate surface area is 216 Å². The summed E-state index contributed by atoms with van der Waals surface area (Å²) < 4.78 is 41.4. The zero-order valence-electron chi connectivity index (χ0n) is 21.2. The molecule has 10 heteroatoms. The minimum absolute atomic E-state index is 0.248. The summed E-state index contributed by atoms with van der Waals surface area (Å²) in [7, 11) is 0.126. The molecule has 37 heavy (non-hydrogen) atoms. The SMILES string of the molecule is CN1CCC(c2ccc(Nc3ncc4ccn(Cc5cc(F)ccc5N(C)S(C)(=O)=O)c4n3)cc2)CC1. The van der Waals surface area contributed by atoms with Crippen molar-refractivity contribution in [2.45, 2.75) is 25.3 Å². The summed E-state index contributed by atoms with van der Waals surface area (Å²) in [5.74, 6) is 0.612. The highest BCUT2D eigenvalue weighted by Gasteiger charge is 2.19. The van der Waals surface area contributed by atoms with Crippen LogP contribution in [0.3, 0.4) is 0 Å². The van der Waals surface area contributed by atoms with Crippen LogP contribution in [0.15, 0.2) is 60.9 Å². The number of nitrogens with one attached hydrogen (secondary N) is 1. The molecule has 0 atom stereocenters. The van der Waals surface area contributed by atoms with E-state index in [9.17, 15) is 12.8 Å². The van der Waals surface area contributed by atoms with Gasteiger partial charge in [0.25, 0.3) is 0 Å². The third-order valence-corrected chi connectivity index (χ3v) is 8.27. The summed E-state index contributed by atoms with van der Waals surface area (Å²) in [6.45, 7) is 2.50. The lowest BCUT2D eigenvalue weighted by atomic mass is 9.89. The number of anilines is 3. The van der Waals surface area contributed by atoms with Gasteiger partial charge in [-0.1, -0.05) is 12.1 Å². The molecule has 0 amide bonds. The Bertz CT molecular complexity index is 1510. The van der Waals surface area contributed by atoms with Crippen LogP contribution in [-0.4, -0.2) is 61.3 Å². The molecule has 194 valence electrons. The molecular weight excluding hydrogens is 491 g/mol. The van der Waals surface area contributed by atoms with Crippen molar-refractivity contribution in [3.8, 4) is 0 Å². The van der Waals surface area contributed by atoms with Crippen LogP contribution in [0.2, 0.25) is 0 Å². The first-order chi connectivity index (χ1) is 17.7. The van der Waals surface area contributed by atoms with Gasteiger partial charge in [-0.05, 0) is 86.4 Å². The van der Waals surface area contributed by atoms with Crippen LogP contribution < -0.4 is 9.62 Å². The Morgan fingerprint density at radius 1 is 1.11 bits per heavy atom. The maximum Gasteiger partial charge on any atom is 0.232 e. The number of rotatable bonds is 7. The predicted molar refractivity (Wildman–Crippen MR) is 145 cm³/mol. The first-order valence-electron chi connectivity index (χ1n) is 12.3. The summed E-state index contributed by atoms with van der Waals surface area (Å²) in [6, 6.07) is 14.4. The van der Waals surface area contributed by atoms with Crippen LogP contribution in [0.1, 0.15) is 29.9 Å². The molecule has 1 N–H and O–H groups in total. The normalized spacial score (nSPS) is 15.2. The van der Waals surface area contributed by atoms with E-state index in [0.717, 1.165) is 34.7 Å². The number of halogens is 1. The number of nitrogens with zero attached hydrogens (tertiary/aromatic N) is 5. The summed E-state index contributed by atoms with van der Waals surface area (Å²) in [5.41, 5.74) is 3.87. The van der Waals surface area contributed by atoms with Gasteiger partial charge in [0.1, 0.15) is 11.5 Å². The van der Waals surface area contributed by atoms with Crippen molar-refractivity contribution in [1.29, 1.82) is 0 Å². The number of sulfonamides is 1. The molecule has 2 aromatic carbocycles. The fraction of sp³-hybridized carbons (Fsp3) is 0.333. The second-order valence-corrected chi connectivity index (χ2v) is 11.8. The van der Waals surface area contributed by atoms with E-state index in [0.29, 0.717) is 28.8 Å². The van der Waals surface area contributed by atoms with Crippen molar-refractivity contribution in [3.63, 3.8) is 0 Å². The lowest BCUT2D eigenvalue weighted by molar-refractivity contribution is 0.255. The summed E-state index contributed by atoms with van der Waals surface area (Å²) in [5, 5.41) is 4.11. The molecule has 0 radical (unpaired) electrons. The van der Waals surface area contributed by atoms with Crippen molar-refractivity contribution in [3.05, 3.63) is 77.9 Å². The van der Waals surface area contributed by atoms with Gasteiger partial charge in [0.2, 0.25) is 16.0 Å². The van der Waals surface area contributed by atoms with Gasteiger partial charge in [0, 0.05) is 30.5 Å². The molecule has 1 aliphatic rings. The van der Waals surface area contributed by atoms with Crippen LogP contribution in [-0.2, 0) is 16.6 Å². The first-order valence-corrected chi connectivity index (χ1v) is 14.1. The van der Waals surface area contributed by atoms with E-state index in [1.807, 2.05) is 16.8 Å². The average molecular weight is 523 g/mol. The lowest BCUT2D eigenvalue weighted by Gasteiger charge is -2.29. The van der Waals surface area contributed by atoms with E-state index in [1.54, 1.807) is 6.20 Å². The number of hydrogen-bond acceptors (Lipinski definition) is 6. The Balaban J connectivity index is 1.37. The van der Waals surface area contributed by atoms with Crippen LogP contribution in [0.4, 0.5) is 21.7 Å². The topological polar surface area (TPSA) is 83.4 Å². The number of likely N-dealkylation sites (tertiary alicyclic amines) is 1. The van der Waals surface area contributed by atoms with E-state index >= 15 is 0 Å². The van der Waals surface area contributed by atoms with Crippen molar-refractivity contribution in [2.24, 2.45) is 0 Å². The quantitative estimate of drug-likeness (QED) is 0.383. The van der Waals surface area contributed by atoms with Gasteiger partial charge >= 0.3 is 0 Å². The van der Waals surface area contributed by atoms with Crippen LogP contribution in [0, 0.1) is 5.82 Å². The van der Waals surface area contributed by atoms with Gasteiger partial charge in [-0.25, -0.2) is 17.8 Å². The molecule has 3 heterocycles. The molecule has 0 spiro atoms. The second kappa shape index (κ2) is 10.1. The van der Waals surface area contributed by atoms with Gasteiger partial charge in [0.05, 0.1) is 18.5 Å². The molecule has 5 rings (SSSR count). The third-order valence-electron chi connectivity index (χ3n) is 7.08. The number of aromatic nitrogens is 3. The molecule has 1 fully saturated rings. The molecule has 8 nitrogen and oxygen atoms in total. The van der Waals surface area contributed by atoms with Crippen LogP contribution >= 0.6 is 0 Å². The standard InChI is InChI=1S/C27H31FN6O2S/c1-32-13-10-20(11-14-32)19-4-7-24(8-5-19)30-27-29-17-21-12-15-34(26(21)31-27)18-22-16-23(28)6-9-25(22)33(2)37(3,35)36/h4-9,12,15-17,20H,10-11,13-14,18H2,1-3H3,(H,29,30,31). The highest BCUT2D eigenvalue weighted by Crippen LogP contribution is 2.29. The smallest absolute Gasteiger partial charge is 0.232 e. The van der Waals surface area contributed by atoms with Crippen LogP contribution in [0.25, 0.3) is 11.0 Å². The van der Waals surface area contributed by atoms with E-state index in [-0.39, 0.29) is 6.54 Å². The average Bonchev–Trinajstić information content (AvgIpc) is 3.26. The first kappa shape index (κ1) is 25.2. The highest BCUT2D eigenvalue weighted by molar-refractivity contribution is 7.92. The summed E-state index contributed by atoms with van der Waals surface area (Å²) >= 11 is 0. The maximum absolute atomic E-state index is 14.1. The number of piperidine rings is 1. The van der Waals surface area contributed by atoms with E-state index in [4.69, 9.17) is 4.98 Å². The van der Waals surface area contributed by atoms with E-state index in [1.165, 1.54) is 43.7 Å². The van der Waals surface area contributed by atoms with Gasteiger partial charge in [0.15, 0.2) is 0 Å². The summed E-state index contributed by atoms with van der Waals surface area (Å²) in [6.07, 6.45) is 7.05. The Kier molecular flexibility index (Phi) is 6.87. The van der Waals surface area contributed by atoms with Crippen molar-refractivity contribution in [2.75, 3.05) is 43.1 Å². The Morgan fingerprint density at radius 2 is 1.84 bits per heavy atom. The molecule has 4 aromatic rings. The number of fused-ring (bicyclic) bond motifs is 1. The molecular formula is C27H31FN6O2S. The van der Waals surface area contributed by atoms with Gasteiger partial charge in [-0.15, -0.1) is 0 Å². The fourth-order valence-electron chi connectivity index (χ4n) is 4.82. The molecule has 2 aromatic heterocycles. The largest absolute Gasteiger partial charge is 0.328 e. The zero-order chi connectivity index (χ0) is 26.2. The fourth-order valence-corrected chi connectivity index (χ4v) is 5.35. The van der Waals surface area contributed by atoms with Crippen LogP contribution in [0.5, 0.6) is 0 Å². The lowest BCUT2D eigenvalue weighted by Crippen LogP contribution is -2.29. The molecule has 1 saturated heterocycles. The van der Waals surface area contributed by atoms with Crippen molar-refractivity contribution >= 4 is 38.4 Å². The monoisotopic (exact) mass is 522 g/mol. The molecule has 1 aliphatic heterocycles.